The monoisotopic (exact) mass is 178 g/mol. The lowest BCUT2D eigenvalue weighted by Crippen LogP contribution is -2.11. The normalized spacial score (nSPS) is 22.2. The van der Waals surface area contributed by atoms with E-state index >= 15 is 0 Å². The Morgan fingerprint density at radius 3 is 3.00 bits per heavy atom. The first-order valence-corrected chi connectivity index (χ1v) is 5.34. The van der Waals surface area contributed by atoms with E-state index < -0.39 is 0 Å². The molecule has 0 radical (unpaired) electrons. The van der Waals surface area contributed by atoms with Crippen LogP contribution in [0.2, 0.25) is 0 Å². The van der Waals surface area contributed by atoms with E-state index in [0.29, 0.717) is 6.10 Å². The smallest absolute Gasteiger partial charge is 0.146 e. The molecule has 0 bridgehead atoms. The van der Waals surface area contributed by atoms with Crippen LogP contribution < -0.4 is 0 Å². The first-order chi connectivity index (χ1) is 5.92. The van der Waals surface area contributed by atoms with E-state index in [9.17, 15) is 0 Å². The summed E-state index contributed by atoms with van der Waals surface area (Å²) in [5, 5.41) is 0. The maximum atomic E-state index is 5.56. The molecule has 0 aliphatic heterocycles. The van der Waals surface area contributed by atoms with Gasteiger partial charge < -0.3 is 4.43 Å². The predicted octanol–water partition coefficient (Wildman–Crippen LogP) is 1.36. The quantitative estimate of drug-likeness (QED) is 0.590. The van der Waals surface area contributed by atoms with Crippen molar-refractivity contribution < 1.29 is 4.43 Å². The highest BCUT2D eigenvalue weighted by Gasteiger charge is 2.17. The van der Waals surface area contributed by atoms with Crippen molar-refractivity contribution in [2.45, 2.75) is 25.4 Å². The Bertz CT molecular complexity index is 272. The third-order valence-corrected chi connectivity index (χ3v) is 3.17. The molecule has 0 spiro atoms. The summed E-state index contributed by atoms with van der Waals surface area (Å²) in [4.78, 5) is 0. The Labute approximate surface area is 76.3 Å². The highest BCUT2D eigenvalue weighted by Crippen LogP contribution is 2.31. The minimum Gasteiger partial charge on any atom is -0.421 e. The van der Waals surface area contributed by atoms with E-state index in [-0.39, 0.29) is 0 Å². The minimum absolute atomic E-state index is 0.404. The van der Waals surface area contributed by atoms with Gasteiger partial charge in [0.2, 0.25) is 0 Å². The average Bonchev–Trinajstić information content (AvgIpc) is 2.17. The molecular weight excluding hydrogens is 164 g/mol. The number of rotatable bonds is 1. The van der Waals surface area contributed by atoms with Gasteiger partial charge in [0.1, 0.15) is 10.5 Å². The van der Waals surface area contributed by atoms with Crippen LogP contribution in [0.1, 0.15) is 30.1 Å². The lowest BCUT2D eigenvalue weighted by Gasteiger charge is -2.24. The van der Waals surface area contributed by atoms with E-state index in [4.69, 9.17) is 4.43 Å². The van der Waals surface area contributed by atoms with Crippen LogP contribution in [-0.2, 0) is 10.8 Å². The van der Waals surface area contributed by atoms with Gasteiger partial charge in [-0.1, -0.05) is 24.3 Å². The lowest BCUT2D eigenvalue weighted by atomic mass is 9.90. The molecule has 12 heavy (non-hydrogen) atoms. The van der Waals surface area contributed by atoms with Crippen molar-refractivity contribution >= 4 is 10.5 Å². The number of hydrogen-bond acceptors (Lipinski definition) is 1. The van der Waals surface area contributed by atoms with Crippen molar-refractivity contribution in [2.24, 2.45) is 0 Å². The Morgan fingerprint density at radius 1 is 1.33 bits per heavy atom. The van der Waals surface area contributed by atoms with E-state index in [0.717, 1.165) is 10.5 Å². The van der Waals surface area contributed by atoms with Crippen LogP contribution in [0.4, 0.5) is 0 Å². The standard InChI is InChI=1S/C10H14OSi/c12-11-10-7-3-5-8-4-1-2-6-9(8)10/h1-2,4,6,10H,3,5,7H2,12H3. The van der Waals surface area contributed by atoms with Gasteiger partial charge in [-0.2, -0.15) is 0 Å². The maximum absolute atomic E-state index is 5.56. The maximum Gasteiger partial charge on any atom is 0.146 e. The molecule has 64 valence electrons. The SMILES string of the molecule is [SiH3]OC1CCCc2ccccc21. The Hall–Kier alpha value is -0.603. The van der Waals surface area contributed by atoms with Crippen LogP contribution in [0.3, 0.4) is 0 Å². The highest BCUT2D eigenvalue weighted by molar-refractivity contribution is 5.98. The fourth-order valence-electron chi connectivity index (χ4n) is 1.95. The van der Waals surface area contributed by atoms with Crippen LogP contribution in [0, 0.1) is 0 Å². The summed E-state index contributed by atoms with van der Waals surface area (Å²) in [6.45, 7) is 0. The van der Waals surface area contributed by atoms with Crippen molar-refractivity contribution in [1.82, 2.24) is 0 Å². The molecule has 1 nitrogen and oxygen atoms in total. The number of benzene rings is 1. The summed E-state index contributed by atoms with van der Waals surface area (Å²) in [5.41, 5.74) is 2.92. The van der Waals surface area contributed by atoms with E-state index in [2.05, 4.69) is 24.3 Å². The highest BCUT2D eigenvalue weighted by atomic mass is 28.2. The second-order valence-electron chi connectivity index (χ2n) is 3.32. The predicted molar refractivity (Wildman–Crippen MR) is 53.1 cm³/mol. The zero-order valence-electron chi connectivity index (χ0n) is 7.42. The number of hydrogen-bond donors (Lipinski definition) is 0. The second-order valence-corrected chi connectivity index (χ2v) is 3.79. The average molecular weight is 178 g/mol. The van der Waals surface area contributed by atoms with Crippen LogP contribution in [0.25, 0.3) is 0 Å². The lowest BCUT2D eigenvalue weighted by molar-refractivity contribution is 0.202. The van der Waals surface area contributed by atoms with E-state index in [1.165, 1.54) is 30.4 Å². The van der Waals surface area contributed by atoms with Gasteiger partial charge in [0.15, 0.2) is 0 Å². The summed E-state index contributed by atoms with van der Waals surface area (Å²) < 4.78 is 5.56. The first-order valence-electron chi connectivity index (χ1n) is 4.52. The van der Waals surface area contributed by atoms with Crippen LogP contribution >= 0.6 is 0 Å². The van der Waals surface area contributed by atoms with Gasteiger partial charge in [0.25, 0.3) is 0 Å². The summed E-state index contributed by atoms with van der Waals surface area (Å²) in [7, 11) is 0.848. The molecule has 1 unspecified atom stereocenters. The van der Waals surface area contributed by atoms with Gasteiger partial charge in [-0.25, -0.2) is 0 Å². The molecule has 0 N–H and O–H groups in total. The summed E-state index contributed by atoms with van der Waals surface area (Å²) in [5.74, 6) is 0. The second kappa shape index (κ2) is 3.41. The minimum atomic E-state index is 0.404. The molecule has 0 amide bonds. The van der Waals surface area contributed by atoms with Crippen molar-refractivity contribution in [3.8, 4) is 0 Å². The Morgan fingerprint density at radius 2 is 2.17 bits per heavy atom. The fourth-order valence-corrected chi connectivity index (χ4v) is 2.44. The zero-order chi connectivity index (χ0) is 8.39. The van der Waals surface area contributed by atoms with Gasteiger partial charge in [-0.05, 0) is 30.4 Å². The zero-order valence-corrected chi connectivity index (χ0v) is 9.42. The van der Waals surface area contributed by atoms with Gasteiger partial charge in [-0.15, -0.1) is 0 Å². The molecule has 2 heteroatoms. The molecule has 1 aromatic rings. The van der Waals surface area contributed by atoms with E-state index in [1.807, 2.05) is 0 Å². The van der Waals surface area contributed by atoms with Crippen molar-refractivity contribution in [1.29, 1.82) is 0 Å². The summed E-state index contributed by atoms with van der Waals surface area (Å²) in [6, 6.07) is 8.66. The van der Waals surface area contributed by atoms with E-state index in [1.54, 1.807) is 0 Å². The molecule has 0 aromatic heterocycles. The molecule has 1 atom stereocenters. The third kappa shape index (κ3) is 1.32. The molecule has 0 fully saturated rings. The summed E-state index contributed by atoms with van der Waals surface area (Å²) in [6.07, 6.45) is 4.13. The van der Waals surface area contributed by atoms with Crippen molar-refractivity contribution in [3.63, 3.8) is 0 Å². The van der Waals surface area contributed by atoms with Gasteiger partial charge in [0.05, 0.1) is 6.10 Å². The molecule has 1 aliphatic carbocycles. The van der Waals surface area contributed by atoms with Gasteiger partial charge in [0, 0.05) is 0 Å². The molecule has 0 saturated heterocycles. The molecule has 0 heterocycles. The van der Waals surface area contributed by atoms with Crippen LogP contribution in [0.5, 0.6) is 0 Å². The van der Waals surface area contributed by atoms with Crippen LogP contribution in [-0.4, -0.2) is 10.5 Å². The van der Waals surface area contributed by atoms with Crippen molar-refractivity contribution in [3.05, 3.63) is 35.4 Å². The number of fused-ring (bicyclic) bond motifs is 1. The Kier molecular flexibility index (Phi) is 2.28. The van der Waals surface area contributed by atoms with Gasteiger partial charge >= 0.3 is 0 Å². The van der Waals surface area contributed by atoms with Crippen molar-refractivity contribution in [2.75, 3.05) is 0 Å². The molecule has 0 saturated carbocycles. The first kappa shape index (κ1) is 8.02. The largest absolute Gasteiger partial charge is 0.421 e. The fraction of sp³-hybridized carbons (Fsp3) is 0.400. The number of aryl methyl sites for hydroxylation is 1. The molecular formula is C10H14OSi. The van der Waals surface area contributed by atoms with Gasteiger partial charge in [-0.3, -0.25) is 0 Å². The molecule has 2 rings (SSSR count). The van der Waals surface area contributed by atoms with Crippen LogP contribution in [0.15, 0.2) is 24.3 Å². The summed E-state index contributed by atoms with van der Waals surface area (Å²) >= 11 is 0. The Balaban J connectivity index is 2.37. The third-order valence-electron chi connectivity index (χ3n) is 2.60. The molecule has 1 aliphatic rings. The topological polar surface area (TPSA) is 9.23 Å². The molecule has 1 aromatic carbocycles.